The fourth-order valence-electron chi connectivity index (χ4n) is 2.59. The number of non-ortho nitro benzene ring substituents is 1. The fraction of sp³-hybridized carbons (Fsp3) is 0.0500. The molecule has 31 heavy (non-hydrogen) atoms. The van der Waals surface area contributed by atoms with Crippen LogP contribution < -0.4 is 10.2 Å². The molecular formula is C20H14ClFN4O5. The van der Waals surface area contributed by atoms with Gasteiger partial charge < -0.3 is 4.74 Å². The van der Waals surface area contributed by atoms with Gasteiger partial charge in [-0.3, -0.25) is 25.7 Å². The van der Waals surface area contributed by atoms with Crippen molar-refractivity contribution in [2.24, 2.45) is 5.10 Å². The molecule has 0 heterocycles. The van der Waals surface area contributed by atoms with E-state index in [1.165, 1.54) is 24.4 Å². The molecule has 3 aromatic carbocycles. The quantitative estimate of drug-likeness (QED) is 0.285. The van der Waals surface area contributed by atoms with Crippen LogP contribution in [0.5, 0.6) is 5.75 Å². The third-order valence-corrected chi connectivity index (χ3v) is 4.27. The molecule has 0 aromatic heterocycles. The van der Waals surface area contributed by atoms with Crippen molar-refractivity contribution in [3.63, 3.8) is 0 Å². The molecule has 0 bridgehead atoms. The summed E-state index contributed by atoms with van der Waals surface area (Å²) in [6.45, 7) is 0.0987. The highest BCUT2D eigenvalue weighted by Crippen LogP contribution is 2.29. The van der Waals surface area contributed by atoms with E-state index in [1.807, 2.05) is 0 Å². The molecule has 3 aromatic rings. The summed E-state index contributed by atoms with van der Waals surface area (Å²) in [7, 11) is 0. The Balaban J connectivity index is 1.78. The molecule has 0 fully saturated rings. The Morgan fingerprint density at radius 1 is 1.06 bits per heavy atom. The zero-order chi connectivity index (χ0) is 22.4. The maximum absolute atomic E-state index is 13.3. The number of nitrogens with one attached hydrogen (secondary N) is 1. The normalized spacial score (nSPS) is 10.8. The minimum absolute atomic E-state index is 0.0314. The van der Waals surface area contributed by atoms with Crippen molar-refractivity contribution in [2.45, 2.75) is 6.61 Å². The minimum Gasteiger partial charge on any atom is -0.488 e. The van der Waals surface area contributed by atoms with Gasteiger partial charge in [0.05, 0.1) is 22.1 Å². The molecule has 0 aliphatic carbocycles. The molecular weight excluding hydrogens is 431 g/mol. The highest BCUT2D eigenvalue weighted by Gasteiger charge is 2.19. The van der Waals surface area contributed by atoms with Crippen molar-refractivity contribution in [3.05, 3.63) is 103 Å². The van der Waals surface area contributed by atoms with Gasteiger partial charge in [0.2, 0.25) is 0 Å². The second-order valence-corrected chi connectivity index (χ2v) is 6.62. The number of hydrogen-bond donors (Lipinski definition) is 1. The number of rotatable bonds is 8. The standard InChI is InChI=1S/C20H14ClFN4O5/c21-15-4-7-20(31-12-13-2-1-3-16(22)8-13)14(9-15)11-23-24-18-6-5-17(25(27)28)10-19(18)26(29)30/h1-11,24H,12H2/b23-11+. The van der Waals surface area contributed by atoms with Crippen LogP contribution in [0.15, 0.2) is 65.8 Å². The van der Waals surface area contributed by atoms with Crippen molar-refractivity contribution in [1.82, 2.24) is 0 Å². The van der Waals surface area contributed by atoms with Crippen molar-refractivity contribution in [3.8, 4) is 5.75 Å². The predicted molar refractivity (Wildman–Crippen MR) is 113 cm³/mol. The van der Waals surface area contributed by atoms with Crippen LogP contribution in [0.3, 0.4) is 0 Å². The molecule has 0 spiro atoms. The number of hydrogen-bond acceptors (Lipinski definition) is 7. The number of ether oxygens (including phenoxy) is 1. The molecule has 0 saturated carbocycles. The van der Waals surface area contributed by atoms with Crippen LogP contribution in [0.4, 0.5) is 21.5 Å². The SMILES string of the molecule is O=[N+]([O-])c1ccc(N/N=C/c2cc(Cl)ccc2OCc2cccc(F)c2)c([N+](=O)[O-])c1. The van der Waals surface area contributed by atoms with Gasteiger partial charge in [0.15, 0.2) is 0 Å². The summed E-state index contributed by atoms with van der Waals surface area (Å²) in [5.41, 5.74) is 2.63. The average Bonchev–Trinajstić information content (AvgIpc) is 2.73. The van der Waals surface area contributed by atoms with E-state index in [1.54, 1.807) is 30.3 Å². The van der Waals surface area contributed by atoms with Gasteiger partial charge in [0.25, 0.3) is 5.69 Å². The van der Waals surface area contributed by atoms with Gasteiger partial charge in [0.1, 0.15) is 23.9 Å². The second kappa shape index (κ2) is 9.63. The Morgan fingerprint density at radius 2 is 1.87 bits per heavy atom. The van der Waals surface area contributed by atoms with Crippen LogP contribution in [0.25, 0.3) is 0 Å². The Hall–Kier alpha value is -4.05. The van der Waals surface area contributed by atoms with Crippen molar-refractivity contribution in [2.75, 3.05) is 5.43 Å². The molecule has 0 saturated heterocycles. The Kier molecular flexibility index (Phi) is 6.73. The van der Waals surface area contributed by atoms with Crippen LogP contribution in [0.1, 0.15) is 11.1 Å². The Bertz CT molecular complexity index is 1170. The van der Waals surface area contributed by atoms with E-state index in [0.717, 1.165) is 12.1 Å². The fourth-order valence-corrected chi connectivity index (χ4v) is 2.77. The molecule has 0 atom stereocenters. The maximum Gasteiger partial charge on any atom is 0.301 e. The predicted octanol–water partition coefficient (Wildman–Crippen LogP) is 5.32. The minimum atomic E-state index is -0.752. The molecule has 0 amide bonds. The van der Waals surface area contributed by atoms with Gasteiger partial charge in [-0.05, 0) is 42.0 Å². The zero-order valence-corrected chi connectivity index (χ0v) is 16.5. The van der Waals surface area contributed by atoms with E-state index < -0.39 is 21.2 Å². The van der Waals surface area contributed by atoms with Crippen LogP contribution in [-0.2, 0) is 6.61 Å². The molecule has 3 rings (SSSR count). The van der Waals surface area contributed by atoms with E-state index in [0.29, 0.717) is 21.9 Å². The van der Waals surface area contributed by atoms with Gasteiger partial charge >= 0.3 is 5.69 Å². The van der Waals surface area contributed by atoms with Crippen molar-refractivity contribution in [1.29, 1.82) is 0 Å². The summed E-state index contributed by atoms with van der Waals surface area (Å²) in [5, 5.41) is 26.4. The molecule has 0 aliphatic rings. The van der Waals surface area contributed by atoms with E-state index in [-0.39, 0.29) is 18.1 Å². The first-order chi connectivity index (χ1) is 14.8. The van der Waals surface area contributed by atoms with Crippen LogP contribution >= 0.6 is 11.6 Å². The third kappa shape index (κ3) is 5.73. The third-order valence-electron chi connectivity index (χ3n) is 4.03. The maximum atomic E-state index is 13.3. The number of nitrogens with zero attached hydrogens (tertiary/aromatic N) is 3. The zero-order valence-electron chi connectivity index (χ0n) is 15.7. The first-order valence-electron chi connectivity index (χ1n) is 8.72. The molecule has 0 aliphatic heterocycles. The Labute approximate surface area is 180 Å². The van der Waals surface area contributed by atoms with Gasteiger partial charge in [-0.15, -0.1) is 0 Å². The largest absolute Gasteiger partial charge is 0.488 e. The van der Waals surface area contributed by atoms with Crippen LogP contribution in [0.2, 0.25) is 5.02 Å². The first-order valence-corrected chi connectivity index (χ1v) is 9.10. The highest BCUT2D eigenvalue weighted by molar-refractivity contribution is 6.30. The number of anilines is 1. The summed E-state index contributed by atoms with van der Waals surface area (Å²) in [4.78, 5) is 20.5. The summed E-state index contributed by atoms with van der Waals surface area (Å²) >= 11 is 6.02. The summed E-state index contributed by atoms with van der Waals surface area (Å²) < 4.78 is 19.0. The molecule has 0 unspecified atom stereocenters. The van der Waals surface area contributed by atoms with E-state index in [9.17, 15) is 24.6 Å². The topological polar surface area (TPSA) is 120 Å². The first kappa shape index (κ1) is 21.7. The lowest BCUT2D eigenvalue weighted by Crippen LogP contribution is -2.01. The van der Waals surface area contributed by atoms with Crippen molar-refractivity contribution < 1.29 is 19.0 Å². The summed E-state index contributed by atoms with van der Waals surface area (Å²) in [6, 6.07) is 13.9. The average molecular weight is 445 g/mol. The number of halogens is 2. The van der Waals surface area contributed by atoms with Gasteiger partial charge in [-0.2, -0.15) is 5.10 Å². The van der Waals surface area contributed by atoms with E-state index in [2.05, 4.69) is 10.5 Å². The lowest BCUT2D eigenvalue weighted by atomic mass is 10.2. The molecule has 0 radical (unpaired) electrons. The van der Waals surface area contributed by atoms with Crippen LogP contribution in [-0.4, -0.2) is 16.1 Å². The smallest absolute Gasteiger partial charge is 0.301 e. The number of nitro benzene ring substituents is 2. The lowest BCUT2D eigenvalue weighted by Gasteiger charge is -2.10. The van der Waals surface area contributed by atoms with Gasteiger partial charge in [-0.25, -0.2) is 4.39 Å². The monoisotopic (exact) mass is 444 g/mol. The molecule has 9 nitrogen and oxygen atoms in total. The molecule has 11 heteroatoms. The number of nitro groups is 2. The van der Waals surface area contributed by atoms with E-state index in [4.69, 9.17) is 16.3 Å². The van der Waals surface area contributed by atoms with Crippen LogP contribution in [0, 0.1) is 26.0 Å². The number of benzene rings is 3. The summed E-state index contributed by atoms with van der Waals surface area (Å²) in [6.07, 6.45) is 1.33. The molecule has 158 valence electrons. The van der Waals surface area contributed by atoms with Gasteiger partial charge in [0, 0.05) is 16.7 Å². The highest BCUT2D eigenvalue weighted by atomic mass is 35.5. The number of hydrazone groups is 1. The van der Waals surface area contributed by atoms with E-state index >= 15 is 0 Å². The molecule has 1 N–H and O–H groups in total. The Morgan fingerprint density at radius 3 is 2.58 bits per heavy atom. The van der Waals surface area contributed by atoms with Crippen molar-refractivity contribution >= 4 is 34.9 Å². The van der Waals surface area contributed by atoms with Gasteiger partial charge in [-0.1, -0.05) is 23.7 Å². The second-order valence-electron chi connectivity index (χ2n) is 6.19. The summed E-state index contributed by atoms with van der Waals surface area (Å²) in [5.74, 6) is 0.0188. The lowest BCUT2D eigenvalue weighted by molar-refractivity contribution is -0.393.